The fraction of sp³-hybridized carbons (Fsp3) is 0.455. The van der Waals surface area contributed by atoms with Gasteiger partial charge in [0.25, 0.3) is 0 Å². The number of carbonyl (C=O) groups excluding carboxylic acids is 1. The molecule has 0 atom stereocenters. The van der Waals surface area contributed by atoms with Crippen LogP contribution in [0.1, 0.15) is 18.2 Å². The average molecular weight is 316 g/mol. The van der Waals surface area contributed by atoms with Crippen molar-refractivity contribution < 1.29 is 31.8 Å². The van der Waals surface area contributed by atoms with Crippen molar-refractivity contribution in [1.82, 2.24) is 4.98 Å². The van der Waals surface area contributed by atoms with Crippen molar-refractivity contribution in [3.63, 3.8) is 0 Å². The number of alkyl halides is 4. The quantitative estimate of drug-likeness (QED) is 0.476. The van der Waals surface area contributed by atoms with E-state index in [0.717, 1.165) is 6.20 Å². The van der Waals surface area contributed by atoms with E-state index in [9.17, 15) is 22.4 Å². The maximum atomic E-state index is 13.9. The largest absolute Gasteiger partial charge is 0.573 e. The van der Waals surface area contributed by atoms with Crippen LogP contribution in [0, 0.1) is 5.82 Å². The minimum atomic E-state index is -5.09. The Labute approximate surface area is 116 Å². The van der Waals surface area contributed by atoms with Crippen LogP contribution in [0.4, 0.5) is 17.6 Å². The Morgan fingerprint density at radius 1 is 1.45 bits per heavy atom. The summed E-state index contributed by atoms with van der Waals surface area (Å²) in [4.78, 5) is 14.8. The van der Waals surface area contributed by atoms with Crippen molar-refractivity contribution in [1.29, 1.82) is 0 Å². The second kappa shape index (κ2) is 6.74. The van der Waals surface area contributed by atoms with Crippen molar-refractivity contribution in [2.45, 2.75) is 25.6 Å². The first-order valence-corrected chi connectivity index (χ1v) is 5.95. The van der Waals surface area contributed by atoms with Gasteiger partial charge in [0.05, 0.1) is 18.9 Å². The smallest absolute Gasteiger partial charge is 0.466 e. The highest BCUT2D eigenvalue weighted by Crippen LogP contribution is 2.31. The fourth-order valence-electron chi connectivity index (χ4n) is 1.35. The number of aromatic nitrogens is 1. The molecule has 0 N–H and O–H groups in total. The summed E-state index contributed by atoms with van der Waals surface area (Å²) >= 11 is 5.37. The molecule has 0 aliphatic heterocycles. The molecule has 112 valence electrons. The molecule has 1 aromatic heterocycles. The summed E-state index contributed by atoms with van der Waals surface area (Å²) in [5.41, 5.74) is -0.773. The van der Waals surface area contributed by atoms with Gasteiger partial charge in [0.1, 0.15) is 5.69 Å². The average Bonchev–Trinajstić information content (AvgIpc) is 2.33. The Morgan fingerprint density at radius 2 is 2.10 bits per heavy atom. The number of hydrogen-bond donors (Lipinski definition) is 0. The molecular weight excluding hydrogens is 306 g/mol. The second-order valence-electron chi connectivity index (χ2n) is 3.54. The van der Waals surface area contributed by atoms with E-state index in [-0.39, 0.29) is 12.2 Å². The third-order valence-electron chi connectivity index (χ3n) is 2.10. The van der Waals surface area contributed by atoms with E-state index >= 15 is 0 Å². The van der Waals surface area contributed by atoms with E-state index in [4.69, 9.17) is 11.6 Å². The highest BCUT2D eigenvalue weighted by Gasteiger charge is 2.34. The van der Waals surface area contributed by atoms with Crippen LogP contribution in [-0.2, 0) is 21.8 Å². The molecule has 0 unspecified atom stereocenters. The molecule has 0 amide bonds. The lowest BCUT2D eigenvalue weighted by molar-refractivity contribution is -0.276. The molecule has 0 bridgehead atoms. The zero-order valence-electron chi connectivity index (χ0n) is 10.3. The van der Waals surface area contributed by atoms with E-state index in [0.29, 0.717) is 0 Å². The van der Waals surface area contributed by atoms with Crippen LogP contribution >= 0.6 is 11.6 Å². The number of rotatable bonds is 5. The highest BCUT2D eigenvalue weighted by atomic mass is 35.5. The topological polar surface area (TPSA) is 48.4 Å². The van der Waals surface area contributed by atoms with Gasteiger partial charge in [0.15, 0.2) is 11.6 Å². The van der Waals surface area contributed by atoms with Gasteiger partial charge >= 0.3 is 12.3 Å². The summed E-state index contributed by atoms with van der Waals surface area (Å²) in [7, 11) is 0. The molecule has 1 heterocycles. The Kier molecular flexibility index (Phi) is 5.55. The van der Waals surface area contributed by atoms with Gasteiger partial charge in [-0.25, -0.2) is 4.39 Å². The minimum Gasteiger partial charge on any atom is -0.466 e. The number of carbonyl (C=O) groups is 1. The van der Waals surface area contributed by atoms with E-state index in [1.54, 1.807) is 6.92 Å². The van der Waals surface area contributed by atoms with Gasteiger partial charge in [-0.3, -0.25) is 9.78 Å². The predicted octanol–water partition coefficient (Wildman–Crippen LogP) is 2.96. The van der Waals surface area contributed by atoms with E-state index in [1.807, 2.05) is 0 Å². The van der Waals surface area contributed by atoms with Gasteiger partial charge in [-0.05, 0) is 6.92 Å². The highest BCUT2D eigenvalue weighted by molar-refractivity contribution is 6.17. The van der Waals surface area contributed by atoms with Gasteiger partial charge < -0.3 is 9.47 Å². The molecule has 0 saturated carbocycles. The summed E-state index contributed by atoms with van der Waals surface area (Å²) in [6.45, 7) is 1.61. The SMILES string of the molecule is CCOC(=O)Cc1cnc(CCl)c(OC(F)(F)F)c1F. The van der Waals surface area contributed by atoms with Crippen LogP contribution in [-0.4, -0.2) is 23.9 Å². The number of ether oxygens (including phenoxy) is 2. The Hall–Kier alpha value is -1.57. The molecule has 0 aliphatic carbocycles. The van der Waals surface area contributed by atoms with Crippen LogP contribution in [0.5, 0.6) is 5.75 Å². The molecule has 0 fully saturated rings. The Bertz CT molecular complexity index is 493. The van der Waals surface area contributed by atoms with Crippen molar-refractivity contribution in [2.75, 3.05) is 6.61 Å². The van der Waals surface area contributed by atoms with Crippen LogP contribution in [0.15, 0.2) is 6.20 Å². The molecule has 20 heavy (non-hydrogen) atoms. The summed E-state index contributed by atoms with van der Waals surface area (Å²) < 4.78 is 58.7. The fourth-order valence-corrected chi connectivity index (χ4v) is 1.54. The molecule has 1 rings (SSSR count). The van der Waals surface area contributed by atoms with Crippen LogP contribution in [0.3, 0.4) is 0 Å². The third kappa shape index (κ3) is 4.52. The first-order valence-electron chi connectivity index (χ1n) is 5.42. The first kappa shape index (κ1) is 16.5. The summed E-state index contributed by atoms with van der Waals surface area (Å²) in [6.07, 6.45) is -4.72. The normalized spacial score (nSPS) is 11.3. The third-order valence-corrected chi connectivity index (χ3v) is 2.36. The van der Waals surface area contributed by atoms with Crippen molar-refractivity contribution in [2.24, 2.45) is 0 Å². The lowest BCUT2D eigenvalue weighted by Crippen LogP contribution is -2.20. The predicted molar refractivity (Wildman–Crippen MR) is 60.8 cm³/mol. The van der Waals surface area contributed by atoms with E-state index < -0.39 is 41.9 Å². The molecule has 9 heteroatoms. The minimum absolute atomic E-state index is 0.0690. The lowest BCUT2D eigenvalue weighted by Gasteiger charge is -2.14. The van der Waals surface area contributed by atoms with Gasteiger partial charge in [-0.1, -0.05) is 0 Å². The van der Waals surface area contributed by atoms with Gasteiger partial charge in [0.2, 0.25) is 0 Å². The van der Waals surface area contributed by atoms with E-state index in [2.05, 4.69) is 14.5 Å². The van der Waals surface area contributed by atoms with Gasteiger partial charge in [-0.2, -0.15) is 0 Å². The van der Waals surface area contributed by atoms with Crippen LogP contribution in [0.25, 0.3) is 0 Å². The summed E-state index contributed by atoms with van der Waals surface area (Å²) in [5.74, 6) is -3.72. The number of pyridine rings is 1. The maximum Gasteiger partial charge on any atom is 0.573 e. The van der Waals surface area contributed by atoms with Crippen LogP contribution < -0.4 is 4.74 Å². The molecule has 1 aromatic rings. The number of nitrogens with zero attached hydrogens (tertiary/aromatic N) is 1. The monoisotopic (exact) mass is 315 g/mol. The molecule has 0 spiro atoms. The van der Waals surface area contributed by atoms with Crippen molar-refractivity contribution >= 4 is 17.6 Å². The number of hydrogen-bond acceptors (Lipinski definition) is 4. The van der Waals surface area contributed by atoms with Crippen molar-refractivity contribution in [3.05, 3.63) is 23.3 Å². The number of esters is 1. The number of halogens is 5. The molecule has 0 aliphatic rings. The van der Waals surface area contributed by atoms with Gasteiger partial charge in [-0.15, -0.1) is 24.8 Å². The van der Waals surface area contributed by atoms with Crippen molar-refractivity contribution in [3.8, 4) is 5.75 Å². The molecule has 0 aromatic carbocycles. The molecule has 4 nitrogen and oxygen atoms in total. The standard InChI is InChI=1S/C11H10ClF4NO3/c1-2-19-8(18)3-6-5-17-7(4-12)10(9(6)13)20-11(14,15)16/h5H,2-4H2,1H3. The lowest BCUT2D eigenvalue weighted by atomic mass is 10.1. The zero-order valence-corrected chi connectivity index (χ0v) is 11.0. The second-order valence-corrected chi connectivity index (χ2v) is 3.80. The zero-order chi connectivity index (χ0) is 15.3. The first-order chi connectivity index (χ1) is 9.28. The Morgan fingerprint density at radius 3 is 2.60 bits per heavy atom. The summed E-state index contributed by atoms with van der Waals surface area (Å²) in [5, 5.41) is 0. The maximum absolute atomic E-state index is 13.9. The molecule has 0 saturated heterocycles. The molecule has 0 radical (unpaired) electrons. The molecular formula is C11H10ClF4NO3. The van der Waals surface area contributed by atoms with Crippen LogP contribution in [0.2, 0.25) is 0 Å². The van der Waals surface area contributed by atoms with E-state index in [1.165, 1.54) is 0 Å². The summed E-state index contributed by atoms with van der Waals surface area (Å²) in [6, 6.07) is 0. The Balaban J connectivity index is 3.11. The van der Waals surface area contributed by atoms with Gasteiger partial charge in [0, 0.05) is 11.8 Å².